The molecule has 2 unspecified atom stereocenters. The number of amides is 1. The normalized spacial score (nSPS) is 25.3. The fourth-order valence-electron chi connectivity index (χ4n) is 1.30. The van der Waals surface area contributed by atoms with Gasteiger partial charge in [0.25, 0.3) is 0 Å². The molecule has 70 valence electrons. The molecule has 0 spiro atoms. The van der Waals surface area contributed by atoms with Gasteiger partial charge in [-0.1, -0.05) is 0 Å². The average molecular weight is 172 g/mol. The first-order chi connectivity index (χ1) is 5.74. The molecule has 0 saturated carbocycles. The molecule has 0 aromatic heterocycles. The molecule has 1 rings (SSSR count). The Morgan fingerprint density at radius 1 is 1.83 bits per heavy atom. The van der Waals surface area contributed by atoms with Crippen LogP contribution in [0.25, 0.3) is 0 Å². The number of hydrogen-bond acceptors (Lipinski definition) is 3. The maximum Gasteiger partial charge on any atom is 0.237 e. The first-order valence-electron chi connectivity index (χ1n) is 4.38. The second kappa shape index (κ2) is 4.42. The lowest BCUT2D eigenvalue weighted by Gasteiger charge is -2.14. The second-order valence-corrected chi connectivity index (χ2v) is 3.24. The van der Waals surface area contributed by atoms with E-state index in [0.29, 0.717) is 0 Å². The number of hydrogen-bond donors (Lipinski definition) is 3. The minimum atomic E-state index is -0.139. The van der Waals surface area contributed by atoms with Gasteiger partial charge in [-0.25, -0.2) is 0 Å². The van der Waals surface area contributed by atoms with Crippen molar-refractivity contribution in [1.82, 2.24) is 10.6 Å². The van der Waals surface area contributed by atoms with E-state index in [2.05, 4.69) is 10.6 Å². The van der Waals surface area contributed by atoms with Crippen LogP contribution < -0.4 is 10.6 Å². The Bertz CT molecular complexity index is 155. The van der Waals surface area contributed by atoms with Crippen LogP contribution in [-0.2, 0) is 4.79 Å². The third kappa shape index (κ3) is 2.46. The molecule has 0 radical (unpaired) electrons. The summed E-state index contributed by atoms with van der Waals surface area (Å²) in [6, 6.07) is -0.182. The summed E-state index contributed by atoms with van der Waals surface area (Å²) in [5.41, 5.74) is 0. The molecule has 0 aromatic rings. The maximum absolute atomic E-state index is 11.3. The van der Waals surface area contributed by atoms with E-state index < -0.39 is 0 Å². The van der Waals surface area contributed by atoms with E-state index in [1.54, 1.807) is 6.92 Å². The van der Waals surface area contributed by atoms with Gasteiger partial charge in [0.05, 0.1) is 12.6 Å². The smallest absolute Gasteiger partial charge is 0.237 e. The second-order valence-electron chi connectivity index (χ2n) is 3.24. The van der Waals surface area contributed by atoms with E-state index in [4.69, 9.17) is 5.11 Å². The lowest BCUT2D eigenvalue weighted by molar-refractivity contribution is -0.123. The molecule has 1 heterocycles. The van der Waals surface area contributed by atoms with Gasteiger partial charge in [0.2, 0.25) is 5.91 Å². The van der Waals surface area contributed by atoms with Crippen LogP contribution in [0.5, 0.6) is 0 Å². The van der Waals surface area contributed by atoms with Gasteiger partial charge < -0.3 is 15.7 Å². The lowest BCUT2D eigenvalue weighted by Crippen LogP contribution is -2.45. The summed E-state index contributed by atoms with van der Waals surface area (Å²) < 4.78 is 0. The summed E-state index contributed by atoms with van der Waals surface area (Å²) in [7, 11) is 0. The van der Waals surface area contributed by atoms with Crippen LogP contribution in [0.2, 0.25) is 0 Å². The Morgan fingerprint density at radius 3 is 3.08 bits per heavy atom. The summed E-state index contributed by atoms with van der Waals surface area (Å²) in [4.78, 5) is 11.3. The van der Waals surface area contributed by atoms with Crippen molar-refractivity contribution in [1.29, 1.82) is 0 Å². The van der Waals surface area contributed by atoms with Gasteiger partial charge in [-0.2, -0.15) is 0 Å². The molecule has 1 aliphatic rings. The molecule has 0 aliphatic carbocycles. The van der Waals surface area contributed by atoms with Gasteiger partial charge in [0, 0.05) is 6.04 Å². The zero-order valence-corrected chi connectivity index (χ0v) is 7.34. The molecule has 0 bridgehead atoms. The summed E-state index contributed by atoms with van der Waals surface area (Å²) >= 11 is 0. The molecule has 1 saturated heterocycles. The minimum Gasteiger partial charge on any atom is -0.394 e. The number of carbonyl (C=O) groups is 1. The number of nitrogens with one attached hydrogen (secondary N) is 2. The molecule has 0 aromatic carbocycles. The van der Waals surface area contributed by atoms with Gasteiger partial charge in [-0.15, -0.1) is 0 Å². The number of carbonyl (C=O) groups excluding carboxylic acids is 1. The van der Waals surface area contributed by atoms with E-state index in [0.717, 1.165) is 19.4 Å². The summed E-state index contributed by atoms with van der Waals surface area (Å²) in [6.07, 6.45) is 1.97. The zero-order valence-electron chi connectivity index (χ0n) is 7.34. The van der Waals surface area contributed by atoms with Crippen molar-refractivity contribution in [2.75, 3.05) is 13.2 Å². The molecule has 3 N–H and O–H groups in total. The molecule has 12 heavy (non-hydrogen) atoms. The van der Waals surface area contributed by atoms with Gasteiger partial charge in [-0.05, 0) is 26.3 Å². The zero-order chi connectivity index (χ0) is 8.97. The Morgan fingerprint density at radius 2 is 2.58 bits per heavy atom. The summed E-state index contributed by atoms with van der Waals surface area (Å²) in [5.74, 6) is 0.00838. The van der Waals surface area contributed by atoms with E-state index in [9.17, 15) is 4.79 Å². The van der Waals surface area contributed by atoms with E-state index in [-0.39, 0.29) is 24.6 Å². The van der Waals surface area contributed by atoms with Crippen molar-refractivity contribution in [2.24, 2.45) is 0 Å². The Balaban J connectivity index is 2.27. The van der Waals surface area contributed by atoms with Crippen molar-refractivity contribution in [3.05, 3.63) is 0 Å². The first-order valence-corrected chi connectivity index (χ1v) is 4.38. The first kappa shape index (κ1) is 9.48. The number of rotatable bonds is 3. The third-order valence-electron chi connectivity index (χ3n) is 2.04. The molecule has 2 atom stereocenters. The van der Waals surface area contributed by atoms with Gasteiger partial charge in [-0.3, -0.25) is 4.79 Å². The molecular formula is C8H16N2O2. The Hall–Kier alpha value is -0.610. The predicted octanol–water partition coefficient (Wildman–Crippen LogP) is -0.765. The van der Waals surface area contributed by atoms with Crippen molar-refractivity contribution in [3.63, 3.8) is 0 Å². The van der Waals surface area contributed by atoms with Crippen LogP contribution in [0.1, 0.15) is 19.8 Å². The van der Waals surface area contributed by atoms with Crippen LogP contribution >= 0.6 is 0 Å². The lowest BCUT2D eigenvalue weighted by atomic mass is 10.2. The maximum atomic E-state index is 11.3. The molecule has 1 amide bonds. The highest BCUT2D eigenvalue weighted by molar-refractivity contribution is 5.82. The molecular weight excluding hydrogens is 156 g/mol. The van der Waals surface area contributed by atoms with Gasteiger partial charge >= 0.3 is 0 Å². The third-order valence-corrected chi connectivity index (χ3v) is 2.04. The summed E-state index contributed by atoms with van der Waals surface area (Å²) in [5, 5.41) is 14.5. The van der Waals surface area contributed by atoms with E-state index in [1.165, 1.54) is 0 Å². The van der Waals surface area contributed by atoms with Gasteiger partial charge in [0.15, 0.2) is 0 Å². The highest BCUT2D eigenvalue weighted by Gasteiger charge is 2.22. The molecule has 4 heteroatoms. The fourth-order valence-corrected chi connectivity index (χ4v) is 1.30. The highest BCUT2D eigenvalue weighted by Crippen LogP contribution is 2.04. The van der Waals surface area contributed by atoms with Gasteiger partial charge in [0.1, 0.15) is 0 Å². The van der Waals surface area contributed by atoms with Crippen LogP contribution in [0, 0.1) is 0 Å². The van der Waals surface area contributed by atoms with Crippen molar-refractivity contribution >= 4 is 5.91 Å². The molecule has 1 aliphatic heterocycles. The fraction of sp³-hybridized carbons (Fsp3) is 0.875. The molecule has 1 fully saturated rings. The Kier molecular flexibility index (Phi) is 3.49. The van der Waals surface area contributed by atoms with Crippen LogP contribution in [0.15, 0.2) is 0 Å². The topological polar surface area (TPSA) is 61.4 Å². The van der Waals surface area contributed by atoms with Crippen LogP contribution in [0.3, 0.4) is 0 Å². The predicted molar refractivity (Wildman–Crippen MR) is 45.7 cm³/mol. The van der Waals surface area contributed by atoms with Crippen molar-refractivity contribution in [3.8, 4) is 0 Å². The average Bonchev–Trinajstić information content (AvgIpc) is 2.56. The minimum absolute atomic E-state index is 0.00153. The number of aliphatic hydroxyl groups is 1. The SMILES string of the molecule is CC(CO)NC(=O)C1CCCN1. The standard InChI is InChI=1S/C8H16N2O2/c1-6(5-11)10-8(12)7-3-2-4-9-7/h6-7,9,11H,2-5H2,1H3,(H,10,12). The monoisotopic (exact) mass is 172 g/mol. The number of aliphatic hydroxyl groups excluding tert-OH is 1. The quantitative estimate of drug-likeness (QED) is 0.524. The van der Waals surface area contributed by atoms with E-state index in [1.807, 2.05) is 0 Å². The molecule has 4 nitrogen and oxygen atoms in total. The highest BCUT2D eigenvalue weighted by atomic mass is 16.3. The van der Waals surface area contributed by atoms with Crippen molar-refractivity contribution in [2.45, 2.75) is 31.8 Å². The summed E-state index contributed by atoms with van der Waals surface area (Å²) in [6.45, 7) is 2.71. The van der Waals surface area contributed by atoms with Crippen LogP contribution in [0.4, 0.5) is 0 Å². The Labute approximate surface area is 72.3 Å². The van der Waals surface area contributed by atoms with Crippen molar-refractivity contribution < 1.29 is 9.90 Å². The van der Waals surface area contributed by atoms with E-state index >= 15 is 0 Å². The van der Waals surface area contributed by atoms with Crippen LogP contribution in [-0.4, -0.2) is 36.2 Å². The largest absolute Gasteiger partial charge is 0.394 e.